The van der Waals surface area contributed by atoms with Crippen LogP contribution >= 0.6 is 7.92 Å². The smallest absolute Gasteiger partial charge is 0.0385 e. The van der Waals surface area contributed by atoms with Gasteiger partial charge in [0.05, 0.1) is 0 Å². The van der Waals surface area contributed by atoms with Gasteiger partial charge in [-0.05, 0) is 74.0 Å². The van der Waals surface area contributed by atoms with Gasteiger partial charge in [0.1, 0.15) is 0 Å². The summed E-state index contributed by atoms with van der Waals surface area (Å²) in [5.74, 6) is 2.51. The predicted octanol–water partition coefficient (Wildman–Crippen LogP) is 7.99. The van der Waals surface area contributed by atoms with E-state index in [0.717, 1.165) is 30.0 Å². The van der Waals surface area contributed by atoms with Crippen LogP contribution in [0.4, 0.5) is 0 Å². The quantitative estimate of drug-likeness (QED) is 0.220. The van der Waals surface area contributed by atoms with Crippen LogP contribution in [0.3, 0.4) is 0 Å². The van der Waals surface area contributed by atoms with Crippen LogP contribution in [0.5, 0.6) is 0 Å². The molecule has 1 nitrogen and oxygen atoms in total. The SMILES string of the molecule is CC(C)C1CCCC1P(c1ccccc1)c1ccccc1.CCCCN=CC1CCCC1. The molecule has 0 saturated heterocycles. The van der Waals surface area contributed by atoms with Crippen molar-refractivity contribution in [2.24, 2.45) is 22.7 Å². The summed E-state index contributed by atoms with van der Waals surface area (Å²) in [6, 6.07) is 22.4. The van der Waals surface area contributed by atoms with Crippen LogP contribution in [0, 0.1) is 17.8 Å². The maximum Gasteiger partial charge on any atom is 0.0385 e. The molecular weight excluding hydrogens is 405 g/mol. The molecule has 2 aliphatic rings. The first-order valence-corrected chi connectivity index (χ1v) is 14.5. The van der Waals surface area contributed by atoms with Gasteiger partial charge in [-0.1, -0.05) is 107 Å². The second kappa shape index (κ2) is 13.9. The maximum atomic E-state index is 4.42. The first-order valence-electron chi connectivity index (χ1n) is 13.1. The van der Waals surface area contributed by atoms with E-state index in [2.05, 4.69) is 92.6 Å². The molecule has 2 fully saturated rings. The molecule has 0 spiro atoms. The Balaban J connectivity index is 0.000000222. The van der Waals surface area contributed by atoms with Crippen LogP contribution in [0.15, 0.2) is 65.7 Å². The zero-order chi connectivity index (χ0) is 22.6. The zero-order valence-electron chi connectivity index (χ0n) is 20.6. The average molecular weight is 450 g/mol. The highest BCUT2D eigenvalue weighted by molar-refractivity contribution is 7.73. The lowest BCUT2D eigenvalue weighted by Crippen LogP contribution is -2.27. The van der Waals surface area contributed by atoms with Gasteiger partial charge in [-0.15, -0.1) is 0 Å². The Morgan fingerprint density at radius 2 is 1.44 bits per heavy atom. The number of rotatable bonds is 8. The second-order valence-electron chi connectivity index (χ2n) is 9.90. The Labute approximate surface area is 198 Å². The lowest BCUT2D eigenvalue weighted by atomic mass is 9.94. The second-order valence-corrected chi connectivity index (χ2v) is 12.3. The molecule has 0 bridgehead atoms. The van der Waals surface area contributed by atoms with Crippen LogP contribution < -0.4 is 10.6 Å². The van der Waals surface area contributed by atoms with Crippen LogP contribution in [0.1, 0.15) is 78.6 Å². The topological polar surface area (TPSA) is 12.4 Å². The van der Waals surface area contributed by atoms with Crippen molar-refractivity contribution in [1.29, 1.82) is 0 Å². The van der Waals surface area contributed by atoms with Gasteiger partial charge < -0.3 is 0 Å². The molecule has 2 atom stereocenters. The number of hydrogen-bond donors (Lipinski definition) is 0. The standard InChI is InChI=1S/C20H25P.C10H19N/c1-16(2)19-14-9-15-20(19)21(17-10-5-3-6-11-17)18-12-7-4-8-13-18;1-2-3-8-11-9-10-6-4-5-7-10/h3-8,10-13,16,19-20H,9,14-15H2,1-2H3;9-10H,2-8H2,1H3. The minimum Gasteiger partial charge on any atom is -0.297 e. The summed E-state index contributed by atoms with van der Waals surface area (Å²) in [5, 5.41) is 3.10. The summed E-state index contributed by atoms with van der Waals surface area (Å²) in [7, 11) is -0.224. The molecule has 32 heavy (non-hydrogen) atoms. The first kappa shape index (κ1) is 25.2. The Hall–Kier alpha value is -1.46. The molecule has 0 heterocycles. The van der Waals surface area contributed by atoms with E-state index in [9.17, 15) is 0 Å². The third-order valence-corrected chi connectivity index (χ3v) is 10.2. The average Bonchev–Trinajstić information content (AvgIpc) is 3.52. The molecule has 2 unspecified atom stereocenters. The zero-order valence-corrected chi connectivity index (χ0v) is 21.5. The van der Waals surface area contributed by atoms with E-state index in [-0.39, 0.29) is 7.92 Å². The van der Waals surface area contributed by atoms with Crippen LogP contribution in [0.25, 0.3) is 0 Å². The van der Waals surface area contributed by atoms with E-state index in [0.29, 0.717) is 0 Å². The molecule has 0 aromatic heterocycles. The normalized spacial score (nSPS) is 21.4. The minimum absolute atomic E-state index is 0.224. The van der Waals surface area contributed by atoms with E-state index < -0.39 is 0 Å². The number of unbranched alkanes of at least 4 members (excludes halogenated alkanes) is 1. The highest BCUT2D eigenvalue weighted by Gasteiger charge is 2.36. The van der Waals surface area contributed by atoms with E-state index in [1.54, 1.807) is 10.6 Å². The van der Waals surface area contributed by atoms with E-state index in [1.807, 2.05) is 0 Å². The summed E-state index contributed by atoms with van der Waals surface area (Å²) in [6.07, 6.45) is 14.6. The third kappa shape index (κ3) is 7.55. The van der Waals surface area contributed by atoms with E-state index in [4.69, 9.17) is 0 Å². The van der Waals surface area contributed by atoms with E-state index >= 15 is 0 Å². The van der Waals surface area contributed by atoms with Crippen LogP contribution in [-0.4, -0.2) is 18.4 Å². The van der Waals surface area contributed by atoms with Crippen molar-refractivity contribution in [3.63, 3.8) is 0 Å². The summed E-state index contributed by atoms with van der Waals surface area (Å²) in [6.45, 7) is 8.08. The minimum atomic E-state index is -0.224. The van der Waals surface area contributed by atoms with Crippen molar-refractivity contribution in [3.05, 3.63) is 60.7 Å². The third-order valence-electron chi connectivity index (χ3n) is 7.15. The van der Waals surface area contributed by atoms with Crippen molar-refractivity contribution in [2.75, 3.05) is 6.54 Å². The monoisotopic (exact) mass is 449 g/mol. The van der Waals surface area contributed by atoms with Gasteiger partial charge in [-0.2, -0.15) is 0 Å². The maximum absolute atomic E-state index is 4.42. The molecule has 2 aliphatic carbocycles. The van der Waals surface area contributed by atoms with Crippen molar-refractivity contribution in [3.8, 4) is 0 Å². The fraction of sp³-hybridized carbons (Fsp3) is 0.567. The Kier molecular flexibility index (Phi) is 11.0. The molecule has 0 aliphatic heterocycles. The number of aliphatic imine (C=N–C) groups is 1. The summed E-state index contributed by atoms with van der Waals surface area (Å²) in [5.41, 5.74) is 0.852. The molecule has 2 heteroatoms. The van der Waals surface area contributed by atoms with Gasteiger partial charge in [-0.25, -0.2) is 0 Å². The molecule has 0 amide bonds. The van der Waals surface area contributed by atoms with Gasteiger partial charge in [-0.3, -0.25) is 4.99 Å². The first-order chi connectivity index (χ1) is 15.7. The van der Waals surface area contributed by atoms with Gasteiger partial charge in [0.25, 0.3) is 0 Å². The molecule has 2 saturated carbocycles. The summed E-state index contributed by atoms with van der Waals surface area (Å²) >= 11 is 0. The fourth-order valence-electron chi connectivity index (χ4n) is 5.36. The molecule has 4 rings (SSSR count). The largest absolute Gasteiger partial charge is 0.297 e. The Bertz CT molecular complexity index is 724. The van der Waals surface area contributed by atoms with Gasteiger partial charge in [0.15, 0.2) is 0 Å². The Morgan fingerprint density at radius 3 is 1.97 bits per heavy atom. The van der Waals surface area contributed by atoms with Crippen LogP contribution in [0.2, 0.25) is 0 Å². The fourth-order valence-corrected chi connectivity index (χ4v) is 8.72. The Morgan fingerprint density at radius 1 is 0.844 bits per heavy atom. The molecule has 0 N–H and O–H groups in total. The number of benzene rings is 2. The molecule has 2 aromatic carbocycles. The predicted molar refractivity (Wildman–Crippen MR) is 145 cm³/mol. The highest BCUT2D eigenvalue weighted by Crippen LogP contribution is 2.51. The lowest BCUT2D eigenvalue weighted by Gasteiger charge is -2.32. The van der Waals surface area contributed by atoms with Gasteiger partial charge in [0.2, 0.25) is 0 Å². The van der Waals surface area contributed by atoms with Crippen molar-refractivity contribution >= 4 is 24.7 Å². The lowest BCUT2D eigenvalue weighted by molar-refractivity contribution is 0.402. The molecule has 2 aromatic rings. The van der Waals surface area contributed by atoms with Crippen molar-refractivity contribution in [2.45, 2.75) is 84.2 Å². The summed E-state index contributed by atoms with van der Waals surface area (Å²) < 4.78 is 0. The molecular formula is C30H44NP. The number of nitrogens with zero attached hydrogens (tertiary/aromatic N) is 1. The molecule has 0 radical (unpaired) electrons. The van der Waals surface area contributed by atoms with Crippen molar-refractivity contribution in [1.82, 2.24) is 0 Å². The van der Waals surface area contributed by atoms with Crippen LogP contribution in [-0.2, 0) is 0 Å². The van der Waals surface area contributed by atoms with Gasteiger partial charge >= 0.3 is 0 Å². The number of hydrogen-bond acceptors (Lipinski definition) is 1. The summed E-state index contributed by atoms with van der Waals surface area (Å²) in [4.78, 5) is 4.42. The van der Waals surface area contributed by atoms with Gasteiger partial charge in [0, 0.05) is 12.8 Å². The highest BCUT2D eigenvalue weighted by atomic mass is 31.1. The van der Waals surface area contributed by atoms with Crippen molar-refractivity contribution < 1.29 is 0 Å². The molecule has 174 valence electrons. The van der Waals surface area contributed by atoms with E-state index in [1.165, 1.54) is 57.8 Å².